The molecule has 2 atom stereocenters. The Balaban J connectivity index is 1.77. The van der Waals surface area contributed by atoms with Crippen LogP contribution in [0.5, 0.6) is 11.5 Å². The molecular weight excluding hydrogens is 471 g/mol. The molecule has 7 heteroatoms. The van der Waals surface area contributed by atoms with Gasteiger partial charge in [0.2, 0.25) is 0 Å². The summed E-state index contributed by atoms with van der Waals surface area (Å²) in [7, 11) is 0. The quantitative estimate of drug-likeness (QED) is 0.223. The lowest BCUT2D eigenvalue weighted by molar-refractivity contribution is 0.0224. The SMILES string of the molecule is CCC(Cl)Nc1cc2c(cc1Cl)Oc1cc(N(CC)CC)ccc1C21OC(=O)c2ccccc21. The lowest BCUT2D eigenvalue weighted by Crippen LogP contribution is -2.33. The second-order valence-corrected chi connectivity index (χ2v) is 9.35. The molecule has 2 aliphatic rings. The molecule has 5 rings (SSSR count). The predicted octanol–water partition coefficient (Wildman–Crippen LogP) is 7.14. The van der Waals surface area contributed by atoms with Crippen molar-refractivity contribution in [2.24, 2.45) is 0 Å². The fraction of sp³-hybridized carbons (Fsp3) is 0.296. The zero-order chi connectivity index (χ0) is 24.0. The second-order valence-electron chi connectivity index (χ2n) is 8.42. The van der Waals surface area contributed by atoms with Gasteiger partial charge in [-0.1, -0.05) is 48.3 Å². The Morgan fingerprint density at radius 1 is 0.971 bits per heavy atom. The third-order valence-corrected chi connectivity index (χ3v) is 7.31. The van der Waals surface area contributed by atoms with Gasteiger partial charge in [0, 0.05) is 47.6 Å². The van der Waals surface area contributed by atoms with Crippen LogP contribution in [0.4, 0.5) is 11.4 Å². The van der Waals surface area contributed by atoms with Crippen molar-refractivity contribution in [2.75, 3.05) is 23.3 Å². The van der Waals surface area contributed by atoms with Crippen LogP contribution in [0.25, 0.3) is 0 Å². The molecule has 0 saturated carbocycles. The standard InChI is InChI=1S/C27H26Cl2N2O3/c1-4-25(29)30-22-14-20-24(15-21(22)28)33-23-13-16(31(5-2)6-3)11-12-19(23)27(20)18-10-8-7-9-17(18)26(32)34-27/h7-15,25,30H,4-6H2,1-3H3. The van der Waals surface area contributed by atoms with Crippen LogP contribution in [-0.2, 0) is 10.3 Å². The van der Waals surface area contributed by atoms with Gasteiger partial charge >= 0.3 is 5.97 Å². The highest BCUT2D eigenvalue weighted by Crippen LogP contribution is 2.57. The monoisotopic (exact) mass is 496 g/mol. The van der Waals surface area contributed by atoms with Gasteiger partial charge in [0.05, 0.1) is 16.3 Å². The molecule has 0 aromatic heterocycles. The van der Waals surface area contributed by atoms with E-state index in [1.807, 2.05) is 43.3 Å². The number of halogens is 2. The number of anilines is 2. The minimum Gasteiger partial charge on any atom is -0.456 e. The summed E-state index contributed by atoms with van der Waals surface area (Å²) in [6.45, 7) is 7.95. The van der Waals surface area contributed by atoms with E-state index in [4.69, 9.17) is 32.7 Å². The van der Waals surface area contributed by atoms with E-state index in [1.165, 1.54) is 0 Å². The number of hydrogen-bond acceptors (Lipinski definition) is 5. The highest BCUT2D eigenvalue weighted by atomic mass is 35.5. The molecule has 0 radical (unpaired) electrons. The molecule has 1 N–H and O–H groups in total. The first kappa shape index (κ1) is 22.9. The lowest BCUT2D eigenvalue weighted by Gasteiger charge is -2.37. The number of alkyl halides is 1. The van der Waals surface area contributed by atoms with Crippen LogP contribution >= 0.6 is 23.2 Å². The van der Waals surface area contributed by atoms with Gasteiger partial charge in [-0.15, -0.1) is 0 Å². The fourth-order valence-electron chi connectivity index (χ4n) is 4.85. The van der Waals surface area contributed by atoms with Crippen molar-refractivity contribution in [1.29, 1.82) is 0 Å². The van der Waals surface area contributed by atoms with Gasteiger partial charge in [0.15, 0.2) is 5.60 Å². The molecule has 5 nitrogen and oxygen atoms in total. The molecular formula is C27H26Cl2N2O3. The average molecular weight is 497 g/mol. The van der Waals surface area contributed by atoms with Crippen molar-refractivity contribution < 1.29 is 14.3 Å². The smallest absolute Gasteiger partial charge is 0.340 e. The minimum atomic E-state index is -1.15. The largest absolute Gasteiger partial charge is 0.456 e. The van der Waals surface area contributed by atoms with Gasteiger partial charge in [0.25, 0.3) is 0 Å². The number of hydrogen-bond donors (Lipinski definition) is 1. The number of nitrogens with zero attached hydrogens (tertiary/aromatic N) is 1. The number of nitrogens with one attached hydrogen (secondary N) is 1. The zero-order valence-corrected chi connectivity index (χ0v) is 20.8. The Morgan fingerprint density at radius 2 is 1.71 bits per heavy atom. The predicted molar refractivity (Wildman–Crippen MR) is 137 cm³/mol. The Morgan fingerprint density at radius 3 is 2.44 bits per heavy atom. The van der Waals surface area contributed by atoms with Gasteiger partial charge < -0.3 is 19.7 Å². The molecule has 3 aromatic carbocycles. The van der Waals surface area contributed by atoms with E-state index in [2.05, 4.69) is 30.1 Å². The molecule has 176 valence electrons. The van der Waals surface area contributed by atoms with Crippen molar-refractivity contribution in [2.45, 2.75) is 38.3 Å². The normalized spacial score (nSPS) is 18.4. The van der Waals surface area contributed by atoms with Gasteiger partial charge in [-0.2, -0.15) is 0 Å². The summed E-state index contributed by atoms with van der Waals surface area (Å²) in [5.74, 6) is 0.823. The van der Waals surface area contributed by atoms with Crippen molar-refractivity contribution in [3.8, 4) is 11.5 Å². The molecule has 0 bridgehead atoms. The van der Waals surface area contributed by atoms with Crippen LogP contribution in [0.15, 0.2) is 54.6 Å². The maximum absolute atomic E-state index is 13.1. The van der Waals surface area contributed by atoms with E-state index in [-0.39, 0.29) is 11.5 Å². The van der Waals surface area contributed by atoms with Crippen LogP contribution in [-0.4, -0.2) is 24.6 Å². The maximum Gasteiger partial charge on any atom is 0.340 e. The molecule has 34 heavy (non-hydrogen) atoms. The Bertz CT molecular complexity index is 1270. The Hall–Kier alpha value is -2.89. The minimum absolute atomic E-state index is 0.293. The van der Waals surface area contributed by atoms with Crippen LogP contribution < -0.4 is 15.0 Å². The van der Waals surface area contributed by atoms with Crippen LogP contribution in [0.2, 0.25) is 5.02 Å². The number of rotatable bonds is 6. The first-order valence-corrected chi connectivity index (χ1v) is 12.4. The summed E-state index contributed by atoms with van der Waals surface area (Å²) in [5.41, 5.74) is 3.08. The first-order chi connectivity index (χ1) is 16.4. The van der Waals surface area contributed by atoms with Crippen LogP contribution in [0, 0.1) is 0 Å². The summed E-state index contributed by atoms with van der Waals surface area (Å²) < 4.78 is 12.7. The third kappa shape index (κ3) is 3.41. The summed E-state index contributed by atoms with van der Waals surface area (Å²) in [4.78, 5) is 15.3. The van der Waals surface area contributed by atoms with E-state index in [0.29, 0.717) is 39.8 Å². The third-order valence-electron chi connectivity index (χ3n) is 6.58. The van der Waals surface area contributed by atoms with Crippen molar-refractivity contribution in [3.05, 3.63) is 81.9 Å². The summed E-state index contributed by atoms with van der Waals surface area (Å²) in [5, 5.41) is 3.73. The Labute approximate surface area is 209 Å². The van der Waals surface area contributed by atoms with Crippen molar-refractivity contribution >= 4 is 40.5 Å². The molecule has 0 aliphatic carbocycles. The van der Waals surface area contributed by atoms with E-state index in [1.54, 1.807) is 12.1 Å². The van der Waals surface area contributed by atoms with Gasteiger partial charge in [-0.05, 0) is 44.5 Å². The van der Waals surface area contributed by atoms with Crippen molar-refractivity contribution in [3.63, 3.8) is 0 Å². The molecule has 2 heterocycles. The zero-order valence-electron chi connectivity index (χ0n) is 19.3. The molecule has 2 aliphatic heterocycles. The summed E-state index contributed by atoms with van der Waals surface area (Å²) in [6.07, 6.45) is 0.714. The number of esters is 1. The topological polar surface area (TPSA) is 50.8 Å². The van der Waals surface area contributed by atoms with Gasteiger partial charge in [0.1, 0.15) is 17.0 Å². The fourth-order valence-corrected chi connectivity index (χ4v) is 5.17. The highest BCUT2D eigenvalue weighted by Gasteiger charge is 2.53. The summed E-state index contributed by atoms with van der Waals surface area (Å²) >= 11 is 13.0. The van der Waals surface area contributed by atoms with E-state index < -0.39 is 5.60 Å². The molecule has 2 unspecified atom stereocenters. The second kappa shape index (κ2) is 8.71. The lowest BCUT2D eigenvalue weighted by atomic mass is 9.77. The average Bonchev–Trinajstić information content (AvgIpc) is 3.14. The van der Waals surface area contributed by atoms with E-state index >= 15 is 0 Å². The number of fused-ring (bicyclic) bond motifs is 6. The van der Waals surface area contributed by atoms with Crippen molar-refractivity contribution in [1.82, 2.24) is 0 Å². The molecule has 3 aromatic rings. The van der Waals surface area contributed by atoms with E-state index in [9.17, 15) is 4.79 Å². The number of ether oxygens (including phenoxy) is 2. The molecule has 1 spiro atoms. The number of carbonyl (C=O) groups is 1. The maximum atomic E-state index is 13.1. The van der Waals surface area contributed by atoms with E-state index in [0.717, 1.165) is 29.9 Å². The first-order valence-electron chi connectivity index (χ1n) is 11.6. The Kier molecular flexibility index (Phi) is 5.86. The summed E-state index contributed by atoms with van der Waals surface area (Å²) in [6, 6.07) is 17.2. The van der Waals surface area contributed by atoms with Gasteiger partial charge in [-0.3, -0.25) is 0 Å². The van der Waals surface area contributed by atoms with Gasteiger partial charge in [-0.25, -0.2) is 4.79 Å². The molecule has 0 saturated heterocycles. The number of benzene rings is 3. The molecule has 0 fully saturated rings. The van der Waals surface area contributed by atoms with Crippen LogP contribution in [0.3, 0.4) is 0 Å². The molecule has 0 amide bonds. The van der Waals surface area contributed by atoms with Crippen LogP contribution in [0.1, 0.15) is 54.2 Å². The number of carbonyl (C=O) groups excluding carboxylic acids is 1. The highest BCUT2D eigenvalue weighted by molar-refractivity contribution is 6.33.